The van der Waals surface area contributed by atoms with Crippen LogP contribution in [0.2, 0.25) is 0 Å². The summed E-state index contributed by atoms with van der Waals surface area (Å²) in [5.74, 6) is 0.220. The third kappa shape index (κ3) is 2.10. The van der Waals surface area contributed by atoms with Crippen molar-refractivity contribution >= 4 is 5.97 Å². The molecule has 0 saturated carbocycles. The smallest absolute Gasteiger partial charge is 0.314 e. The summed E-state index contributed by atoms with van der Waals surface area (Å²) >= 11 is 0. The number of piperidine rings is 2. The fraction of sp³-hybridized carbons (Fsp3) is 0.923. The number of hydrogen-bond donors (Lipinski definition) is 0. The Kier molecular flexibility index (Phi) is 3.53. The number of esters is 1. The summed E-state index contributed by atoms with van der Waals surface area (Å²) in [5, 5.41) is 0. The quantitative estimate of drug-likeness (QED) is 0.531. The molecule has 0 amide bonds. The predicted octanol–water partition coefficient (Wildman–Crippen LogP) is 1.96. The fourth-order valence-corrected chi connectivity index (χ4v) is 3.61. The lowest BCUT2D eigenvalue weighted by molar-refractivity contribution is -0.945. The normalized spacial score (nSPS) is 38.9. The van der Waals surface area contributed by atoms with E-state index in [1.54, 1.807) is 0 Å². The Morgan fingerprint density at radius 1 is 1.25 bits per heavy atom. The van der Waals surface area contributed by atoms with Gasteiger partial charge in [0.15, 0.2) is 0 Å². The zero-order valence-electron chi connectivity index (χ0n) is 10.6. The van der Waals surface area contributed by atoms with Crippen molar-refractivity contribution in [3.05, 3.63) is 0 Å². The van der Waals surface area contributed by atoms with Crippen molar-refractivity contribution in [1.29, 1.82) is 0 Å². The first kappa shape index (κ1) is 11.9. The van der Waals surface area contributed by atoms with E-state index in [2.05, 4.69) is 7.05 Å². The Bertz CT molecular complexity index is 263. The number of rotatable bonds is 2. The summed E-state index contributed by atoms with van der Waals surface area (Å²) in [6, 6.07) is 0.529. The largest absolute Gasteiger partial charge is 0.466 e. The van der Waals surface area contributed by atoms with Crippen LogP contribution in [0.3, 0.4) is 0 Å². The van der Waals surface area contributed by atoms with Crippen LogP contribution in [0.25, 0.3) is 0 Å². The Labute approximate surface area is 98.4 Å². The van der Waals surface area contributed by atoms with Crippen LogP contribution in [0, 0.1) is 5.92 Å². The molecule has 2 rings (SSSR count). The monoisotopic (exact) mass is 226 g/mol. The second-order valence-electron chi connectivity index (χ2n) is 5.49. The maximum Gasteiger partial charge on any atom is 0.314 e. The van der Waals surface area contributed by atoms with Crippen molar-refractivity contribution in [3.63, 3.8) is 0 Å². The van der Waals surface area contributed by atoms with Gasteiger partial charge in [0.2, 0.25) is 0 Å². The molecule has 2 fully saturated rings. The molecular formula is C13H24NO2+. The molecule has 0 aromatic heterocycles. The third-order valence-corrected chi connectivity index (χ3v) is 4.46. The molecule has 2 aliphatic heterocycles. The van der Waals surface area contributed by atoms with Gasteiger partial charge in [0.05, 0.1) is 26.7 Å². The second kappa shape index (κ2) is 4.74. The highest BCUT2D eigenvalue weighted by Crippen LogP contribution is 2.36. The van der Waals surface area contributed by atoms with Gasteiger partial charge in [-0.2, -0.15) is 0 Å². The van der Waals surface area contributed by atoms with E-state index in [-0.39, 0.29) is 11.9 Å². The molecule has 0 N–H and O–H groups in total. The molecule has 3 nitrogen and oxygen atoms in total. The van der Waals surface area contributed by atoms with Gasteiger partial charge >= 0.3 is 5.97 Å². The molecular weight excluding hydrogens is 202 g/mol. The highest BCUT2D eigenvalue weighted by atomic mass is 16.5. The van der Waals surface area contributed by atoms with Crippen molar-refractivity contribution < 1.29 is 14.0 Å². The summed E-state index contributed by atoms with van der Waals surface area (Å²) in [7, 11) is 2.33. The fourth-order valence-electron chi connectivity index (χ4n) is 3.61. The summed E-state index contributed by atoms with van der Waals surface area (Å²) in [6.07, 6.45) is 6.03. The van der Waals surface area contributed by atoms with Gasteiger partial charge in [-0.1, -0.05) is 0 Å². The van der Waals surface area contributed by atoms with Gasteiger partial charge in [0.25, 0.3) is 0 Å². The van der Waals surface area contributed by atoms with E-state index in [1.807, 2.05) is 6.92 Å². The van der Waals surface area contributed by atoms with E-state index in [9.17, 15) is 4.79 Å². The van der Waals surface area contributed by atoms with Crippen LogP contribution in [0.4, 0.5) is 0 Å². The molecule has 0 aromatic rings. The van der Waals surface area contributed by atoms with Gasteiger partial charge in [-0.05, 0) is 32.6 Å². The van der Waals surface area contributed by atoms with Crippen molar-refractivity contribution in [1.82, 2.24) is 0 Å². The highest BCUT2D eigenvalue weighted by Gasteiger charge is 2.46. The van der Waals surface area contributed by atoms with E-state index >= 15 is 0 Å². The molecule has 0 aliphatic carbocycles. The van der Waals surface area contributed by atoms with Crippen molar-refractivity contribution in [2.24, 2.45) is 5.92 Å². The number of carbonyl (C=O) groups is 1. The van der Waals surface area contributed by atoms with Gasteiger partial charge < -0.3 is 9.22 Å². The van der Waals surface area contributed by atoms with Crippen LogP contribution >= 0.6 is 0 Å². The Hall–Kier alpha value is -0.570. The van der Waals surface area contributed by atoms with E-state index in [0.29, 0.717) is 12.6 Å². The standard InChI is InChI=1S/C13H24NO2/c1-3-16-13(15)11-7-6-10-14(2)9-5-4-8-12(11)14/h11-12H,3-10H2,1-2H3/q+1/t11-,12+,14?/m1/s1. The SMILES string of the molecule is CCOC(=O)[C@@H]1CCC[N+]2(C)CCCC[C@@H]12. The number of nitrogens with zero attached hydrogens (tertiary/aromatic N) is 1. The lowest BCUT2D eigenvalue weighted by Crippen LogP contribution is -2.62. The minimum absolute atomic E-state index is 0.0541. The average Bonchev–Trinajstić information content (AvgIpc) is 2.27. The minimum atomic E-state index is 0.0541. The van der Waals surface area contributed by atoms with Gasteiger partial charge in [-0.25, -0.2) is 0 Å². The zero-order valence-corrected chi connectivity index (χ0v) is 10.6. The average molecular weight is 226 g/mol. The van der Waals surface area contributed by atoms with E-state index in [1.165, 1.54) is 38.8 Å². The van der Waals surface area contributed by atoms with Crippen LogP contribution in [0.5, 0.6) is 0 Å². The van der Waals surface area contributed by atoms with Crippen molar-refractivity contribution in [2.45, 2.75) is 45.1 Å². The lowest BCUT2D eigenvalue weighted by Gasteiger charge is -2.50. The van der Waals surface area contributed by atoms with Crippen molar-refractivity contribution in [2.75, 3.05) is 26.7 Å². The lowest BCUT2D eigenvalue weighted by atomic mass is 9.81. The van der Waals surface area contributed by atoms with Crippen LogP contribution in [0.15, 0.2) is 0 Å². The maximum absolute atomic E-state index is 12.0. The number of hydrogen-bond acceptors (Lipinski definition) is 2. The summed E-state index contributed by atoms with van der Waals surface area (Å²) in [6.45, 7) is 4.92. The number of fused-ring (bicyclic) bond motifs is 1. The van der Waals surface area contributed by atoms with Crippen molar-refractivity contribution in [3.8, 4) is 0 Å². The maximum atomic E-state index is 12.0. The molecule has 16 heavy (non-hydrogen) atoms. The second-order valence-corrected chi connectivity index (χ2v) is 5.49. The number of ether oxygens (including phenoxy) is 1. The molecule has 92 valence electrons. The molecule has 0 aromatic carbocycles. The minimum Gasteiger partial charge on any atom is -0.466 e. The molecule has 0 radical (unpaired) electrons. The summed E-state index contributed by atoms with van der Waals surface area (Å²) in [5.41, 5.74) is 0. The van der Waals surface area contributed by atoms with Crippen LogP contribution in [-0.4, -0.2) is 43.2 Å². The first-order valence-electron chi connectivity index (χ1n) is 6.68. The van der Waals surface area contributed by atoms with Crippen LogP contribution < -0.4 is 0 Å². The topological polar surface area (TPSA) is 26.3 Å². The van der Waals surface area contributed by atoms with Gasteiger partial charge in [-0.15, -0.1) is 0 Å². The molecule has 2 saturated heterocycles. The Morgan fingerprint density at radius 2 is 2.00 bits per heavy atom. The third-order valence-electron chi connectivity index (χ3n) is 4.46. The van der Waals surface area contributed by atoms with E-state index in [4.69, 9.17) is 4.74 Å². The molecule has 2 aliphatic rings. The molecule has 0 spiro atoms. The molecule has 2 heterocycles. The number of carbonyl (C=O) groups excluding carboxylic acids is 1. The van der Waals surface area contributed by atoms with Gasteiger partial charge in [0, 0.05) is 6.42 Å². The van der Waals surface area contributed by atoms with Gasteiger partial charge in [0.1, 0.15) is 12.0 Å². The van der Waals surface area contributed by atoms with E-state index < -0.39 is 0 Å². The zero-order chi connectivity index (χ0) is 11.6. The molecule has 1 unspecified atom stereocenters. The molecule has 0 bridgehead atoms. The number of quaternary nitrogens is 1. The first-order chi connectivity index (χ1) is 7.67. The molecule has 3 atom stereocenters. The van der Waals surface area contributed by atoms with E-state index in [0.717, 1.165) is 10.9 Å². The Morgan fingerprint density at radius 3 is 2.75 bits per heavy atom. The highest BCUT2D eigenvalue weighted by molar-refractivity contribution is 5.73. The van der Waals surface area contributed by atoms with Crippen LogP contribution in [-0.2, 0) is 9.53 Å². The molecule has 3 heteroatoms. The summed E-state index contributed by atoms with van der Waals surface area (Å²) < 4.78 is 6.34. The first-order valence-corrected chi connectivity index (χ1v) is 6.68. The van der Waals surface area contributed by atoms with Crippen LogP contribution in [0.1, 0.15) is 39.0 Å². The summed E-state index contributed by atoms with van der Waals surface area (Å²) in [4.78, 5) is 12.0. The predicted molar refractivity (Wildman–Crippen MR) is 62.9 cm³/mol. The van der Waals surface area contributed by atoms with Gasteiger partial charge in [-0.3, -0.25) is 4.79 Å². The Balaban J connectivity index is 2.10.